The Morgan fingerprint density at radius 1 is 1.17 bits per heavy atom. The maximum atomic E-state index is 12.2. The number of hydrogen-bond acceptors (Lipinski definition) is 4. The van der Waals surface area contributed by atoms with Crippen LogP contribution in [0.3, 0.4) is 0 Å². The van der Waals surface area contributed by atoms with E-state index in [1.807, 2.05) is 6.07 Å². The lowest BCUT2D eigenvalue weighted by atomic mass is 10.0. The van der Waals surface area contributed by atoms with Crippen LogP contribution in [0, 0.1) is 5.92 Å². The van der Waals surface area contributed by atoms with E-state index in [0.29, 0.717) is 19.0 Å². The van der Waals surface area contributed by atoms with Gasteiger partial charge in [-0.3, -0.25) is 9.69 Å². The van der Waals surface area contributed by atoms with Gasteiger partial charge in [0.05, 0.1) is 17.4 Å². The molecule has 2 saturated heterocycles. The Balaban J connectivity index is 1.53. The zero-order chi connectivity index (χ0) is 17.0. The molecule has 1 aromatic carbocycles. The molecule has 2 aliphatic heterocycles. The van der Waals surface area contributed by atoms with Crippen molar-refractivity contribution in [2.75, 3.05) is 24.6 Å². The molecule has 1 amide bonds. The van der Waals surface area contributed by atoms with Gasteiger partial charge in [-0.1, -0.05) is 36.8 Å². The van der Waals surface area contributed by atoms with Crippen molar-refractivity contribution in [2.24, 2.45) is 5.92 Å². The number of nitrogens with zero attached hydrogens (tertiary/aromatic N) is 1. The molecule has 0 saturated carbocycles. The average molecular weight is 350 g/mol. The van der Waals surface area contributed by atoms with E-state index in [1.165, 1.54) is 18.4 Å². The molecule has 1 N–H and O–H groups in total. The number of carbonyl (C=O) groups excluding carboxylic acids is 1. The highest BCUT2D eigenvalue weighted by molar-refractivity contribution is 7.91. The Bertz CT molecular complexity index is 660. The summed E-state index contributed by atoms with van der Waals surface area (Å²) in [5, 5.41) is 3.00. The highest BCUT2D eigenvalue weighted by Crippen LogP contribution is 2.21. The Hall–Kier alpha value is -1.40. The number of nitrogens with one attached hydrogen (secondary N) is 1. The number of sulfone groups is 1. The van der Waals surface area contributed by atoms with Crippen LogP contribution in [0.5, 0.6) is 0 Å². The Morgan fingerprint density at radius 3 is 2.67 bits per heavy atom. The zero-order valence-corrected chi connectivity index (χ0v) is 14.8. The average Bonchev–Trinajstić information content (AvgIpc) is 2.95. The van der Waals surface area contributed by atoms with Crippen LogP contribution in [0.2, 0.25) is 0 Å². The van der Waals surface area contributed by atoms with Gasteiger partial charge in [-0.2, -0.15) is 0 Å². The molecule has 6 heteroatoms. The van der Waals surface area contributed by atoms with Crippen molar-refractivity contribution < 1.29 is 13.2 Å². The van der Waals surface area contributed by atoms with Gasteiger partial charge in [0, 0.05) is 19.1 Å². The Kier molecular flexibility index (Phi) is 5.56. The van der Waals surface area contributed by atoms with Crippen molar-refractivity contribution in [2.45, 2.75) is 38.3 Å². The first-order valence-corrected chi connectivity index (χ1v) is 10.6. The normalized spacial score (nSPS) is 27.0. The predicted molar refractivity (Wildman–Crippen MR) is 94.3 cm³/mol. The van der Waals surface area contributed by atoms with Crippen LogP contribution in [-0.2, 0) is 21.2 Å². The third-order valence-electron chi connectivity index (χ3n) is 5.09. The second-order valence-corrected chi connectivity index (χ2v) is 9.18. The quantitative estimate of drug-likeness (QED) is 0.876. The van der Waals surface area contributed by atoms with E-state index in [-0.39, 0.29) is 23.3 Å². The topological polar surface area (TPSA) is 66.5 Å². The lowest BCUT2D eigenvalue weighted by Gasteiger charge is -2.36. The van der Waals surface area contributed by atoms with E-state index >= 15 is 0 Å². The summed E-state index contributed by atoms with van der Waals surface area (Å²) >= 11 is 0. The van der Waals surface area contributed by atoms with E-state index in [2.05, 4.69) is 34.5 Å². The molecule has 0 bridgehead atoms. The third kappa shape index (κ3) is 4.57. The fraction of sp³-hybridized carbons (Fsp3) is 0.611. The van der Waals surface area contributed by atoms with Crippen LogP contribution in [0.15, 0.2) is 30.3 Å². The molecule has 0 spiro atoms. The van der Waals surface area contributed by atoms with Gasteiger partial charge in [-0.05, 0) is 31.4 Å². The summed E-state index contributed by atoms with van der Waals surface area (Å²) in [6.07, 6.45) is 3.92. The maximum Gasteiger partial charge on any atom is 0.224 e. The third-order valence-corrected chi connectivity index (χ3v) is 6.86. The minimum Gasteiger partial charge on any atom is -0.354 e. The monoisotopic (exact) mass is 350 g/mol. The van der Waals surface area contributed by atoms with Crippen molar-refractivity contribution in [1.29, 1.82) is 0 Å². The Labute approximate surface area is 144 Å². The molecule has 2 heterocycles. The van der Waals surface area contributed by atoms with Crippen LogP contribution in [0.1, 0.15) is 31.2 Å². The number of hydrogen-bond donors (Lipinski definition) is 1. The molecule has 1 aromatic rings. The smallest absolute Gasteiger partial charge is 0.224 e. The number of rotatable bonds is 5. The van der Waals surface area contributed by atoms with Gasteiger partial charge in [-0.25, -0.2) is 8.42 Å². The molecule has 5 nitrogen and oxygen atoms in total. The molecule has 2 unspecified atom stereocenters. The fourth-order valence-electron chi connectivity index (χ4n) is 3.68. The van der Waals surface area contributed by atoms with Crippen LogP contribution in [-0.4, -0.2) is 49.9 Å². The summed E-state index contributed by atoms with van der Waals surface area (Å²) < 4.78 is 23.0. The second kappa shape index (κ2) is 7.66. The molecule has 24 heavy (non-hydrogen) atoms. The van der Waals surface area contributed by atoms with E-state index in [0.717, 1.165) is 19.5 Å². The van der Waals surface area contributed by atoms with Crippen LogP contribution >= 0.6 is 0 Å². The summed E-state index contributed by atoms with van der Waals surface area (Å²) in [6, 6.07) is 10.7. The number of amides is 1. The van der Waals surface area contributed by atoms with Gasteiger partial charge < -0.3 is 5.32 Å². The minimum absolute atomic E-state index is 0.0111. The predicted octanol–water partition coefficient (Wildman–Crippen LogP) is 1.59. The lowest BCUT2D eigenvalue weighted by Crippen LogP contribution is -2.47. The van der Waals surface area contributed by atoms with Gasteiger partial charge in [0.25, 0.3) is 0 Å². The van der Waals surface area contributed by atoms with Crippen molar-refractivity contribution in [3.05, 3.63) is 35.9 Å². The van der Waals surface area contributed by atoms with Gasteiger partial charge in [0.2, 0.25) is 5.91 Å². The Morgan fingerprint density at radius 2 is 1.96 bits per heavy atom. The van der Waals surface area contributed by atoms with Crippen LogP contribution in [0.4, 0.5) is 0 Å². The molecule has 2 aliphatic rings. The molecule has 2 atom stereocenters. The minimum atomic E-state index is -3.01. The van der Waals surface area contributed by atoms with E-state index in [9.17, 15) is 13.2 Å². The highest BCUT2D eigenvalue weighted by atomic mass is 32.2. The summed E-state index contributed by atoms with van der Waals surface area (Å²) in [4.78, 5) is 14.7. The fourth-order valence-corrected chi connectivity index (χ4v) is 5.42. The van der Waals surface area contributed by atoms with E-state index < -0.39 is 9.84 Å². The largest absolute Gasteiger partial charge is 0.354 e. The zero-order valence-electron chi connectivity index (χ0n) is 14.0. The van der Waals surface area contributed by atoms with Gasteiger partial charge in [-0.15, -0.1) is 0 Å². The van der Waals surface area contributed by atoms with Crippen molar-refractivity contribution in [3.63, 3.8) is 0 Å². The second-order valence-electron chi connectivity index (χ2n) is 6.95. The van der Waals surface area contributed by atoms with E-state index in [1.54, 1.807) is 0 Å². The molecule has 0 radical (unpaired) electrons. The first-order valence-electron chi connectivity index (χ1n) is 8.79. The summed E-state index contributed by atoms with van der Waals surface area (Å²) in [6.45, 7) is 2.56. The number of likely N-dealkylation sites (tertiary alicyclic amines) is 1. The van der Waals surface area contributed by atoms with Gasteiger partial charge in [0.1, 0.15) is 0 Å². The van der Waals surface area contributed by atoms with Gasteiger partial charge in [0.15, 0.2) is 9.84 Å². The summed E-state index contributed by atoms with van der Waals surface area (Å²) in [5.74, 6) is -0.297. The van der Waals surface area contributed by atoms with Crippen LogP contribution < -0.4 is 5.32 Å². The molecular formula is C18H26N2O3S. The molecule has 132 valence electrons. The van der Waals surface area contributed by atoms with Crippen molar-refractivity contribution in [1.82, 2.24) is 10.2 Å². The number of carbonyl (C=O) groups is 1. The van der Waals surface area contributed by atoms with Crippen molar-refractivity contribution in [3.8, 4) is 0 Å². The molecule has 2 fully saturated rings. The first-order chi connectivity index (χ1) is 11.5. The van der Waals surface area contributed by atoms with Crippen LogP contribution in [0.25, 0.3) is 0 Å². The standard InChI is InChI=1S/C18H26N2O3S/c21-18(16-9-11-24(22,23)14-16)19-12-17-8-4-5-10-20(17)13-15-6-2-1-3-7-15/h1-3,6-7,16-17H,4-5,8-14H2,(H,19,21). The molecule has 0 aromatic heterocycles. The first kappa shape index (κ1) is 17.4. The summed E-state index contributed by atoms with van der Waals surface area (Å²) in [7, 11) is -3.01. The molecule has 3 rings (SSSR count). The van der Waals surface area contributed by atoms with Crippen molar-refractivity contribution >= 4 is 15.7 Å². The number of piperidine rings is 1. The number of benzene rings is 1. The molecule has 0 aliphatic carbocycles. The van der Waals surface area contributed by atoms with E-state index in [4.69, 9.17) is 0 Å². The SMILES string of the molecule is O=C(NCC1CCCCN1Cc1ccccc1)C1CCS(=O)(=O)C1. The lowest BCUT2D eigenvalue weighted by molar-refractivity contribution is -0.124. The maximum absolute atomic E-state index is 12.2. The molecular weight excluding hydrogens is 324 g/mol. The summed E-state index contributed by atoms with van der Waals surface area (Å²) in [5.41, 5.74) is 1.29. The van der Waals surface area contributed by atoms with Gasteiger partial charge >= 0.3 is 0 Å². The highest BCUT2D eigenvalue weighted by Gasteiger charge is 2.33.